The molecule has 1 saturated carbocycles. The molecule has 19 heavy (non-hydrogen) atoms. The van der Waals surface area contributed by atoms with Gasteiger partial charge in [-0.1, -0.05) is 36.7 Å². The van der Waals surface area contributed by atoms with Crippen LogP contribution in [0.1, 0.15) is 46.5 Å². The largest absolute Gasteiger partial charge is 0.411 e. The van der Waals surface area contributed by atoms with E-state index in [1.807, 2.05) is 0 Å². The van der Waals surface area contributed by atoms with Gasteiger partial charge in [-0.2, -0.15) is 13.2 Å². The Morgan fingerprint density at radius 3 is 2.05 bits per heavy atom. The van der Waals surface area contributed by atoms with E-state index in [1.165, 1.54) is 0 Å². The standard InChI is InChI=1S/C14H24BrF3O/c1-12(2,3)11-4-6-13(8-15,7-5-11)9-19-10-14(16,17)18/h11H,4-10H2,1-3H3. The van der Waals surface area contributed by atoms with Crippen molar-refractivity contribution in [3.05, 3.63) is 0 Å². The van der Waals surface area contributed by atoms with E-state index in [0.717, 1.165) is 25.7 Å². The Bertz CT molecular complexity index is 270. The molecule has 0 aromatic carbocycles. The zero-order chi connectivity index (χ0) is 14.7. The molecule has 0 amide bonds. The second kappa shape index (κ2) is 6.33. The minimum Gasteiger partial charge on any atom is -0.371 e. The molecule has 0 unspecified atom stereocenters. The Labute approximate surface area is 122 Å². The van der Waals surface area contributed by atoms with E-state index in [4.69, 9.17) is 4.74 Å². The van der Waals surface area contributed by atoms with Crippen LogP contribution in [0, 0.1) is 16.7 Å². The molecule has 1 aliphatic rings. The van der Waals surface area contributed by atoms with Crippen molar-refractivity contribution >= 4 is 15.9 Å². The number of alkyl halides is 4. The van der Waals surface area contributed by atoms with E-state index >= 15 is 0 Å². The molecule has 0 bridgehead atoms. The molecule has 0 spiro atoms. The van der Waals surface area contributed by atoms with Gasteiger partial charge in [0.25, 0.3) is 0 Å². The fraction of sp³-hybridized carbons (Fsp3) is 1.00. The van der Waals surface area contributed by atoms with Gasteiger partial charge in [0.05, 0.1) is 6.61 Å². The van der Waals surface area contributed by atoms with Gasteiger partial charge in [0, 0.05) is 10.7 Å². The first-order valence-corrected chi connectivity index (χ1v) is 7.91. The summed E-state index contributed by atoms with van der Waals surface area (Å²) in [4.78, 5) is 0. The Kier molecular flexibility index (Phi) is 5.76. The first-order chi connectivity index (χ1) is 8.58. The highest BCUT2D eigenvalue weighted by Gasteiger charge is 2.39. The van der Waals surface area contributed by atoms with Crippen molar-refractivity contribution < 1.29 is 17.9 Å². The van der Waals surface area contributed by atoms with Crippen LogP contribution in [0.5, 0.6) is 0 Å². The lowest BCUT2D eigenvalue weighted by atomic mass is 9.65. The molecule has 1 fully saturated rings. The van der Waals surface area contributed by atoms with Gasteiger partial charge in [0.1, 0.15) is 6.61 Å². The summed E-state index contributed by atoms with van der Waals surface area (Å²) in [7, 11) is 0. The smallest absolute Gasteiger partial charge is 0.371 e. The summed E-state index contributed by atoms with van der Waals surface area (Å²) in [6.07, 6.45) is -0.193. The number of halogens is 4. The number of hydrogen-bond acceptors (Lipinski definition) is 1. The first-order valence-electron chi connectivity index (χ1n) is 6.78. The molecule has 1 nitrogen and oxygen atoms in total. The van der Waals surface area contributed by atoms with Crippen LogP contribution in [0.3, 0.4) is 0 Å². The third kappa shape index (κ3) is 5.62. The van der Waals surface area contributed by atoms with Gasteiger partial charge in [-0.05, 0) is 37.0 Å². The second-order valence-electron chi connectivity index (χ2n) is 6.88. The highest BCUT2D eigenvalue weighted by atomic mass is 79.9. The SMILES string of the molecule is CC(C)(C)C1CCC(CBr)(COCC(F)(F)F)CC1. The summed E-state index contributed by atoms with van der Waals surface area (Å²) in [5.74, 6) is 0.655. The summed E-state index contributed by atoms with van der Waals surface area (Å²) in [5.41, 5.74) is 0.165. The Hall–Kier alpha value is 0.230. The monoisotopic (exact) mass is 344 g/mol. The maximum absolute atomic E-state index is 12.1. The molecule has 5 heteroatoms. The Balaban J connectivity index is 2.47. The van der Waals surface area contributed by atoms with Crippen molar-refractivity contribution in [1.29, 1.82) is 0 Å². The quantitative estimate of drug-likeness (QED) is 0.638. The minimum absolute atomic E-state index is 0.118. The minimum atomic E-state index is -4.23. The average Bonchev–Trinajstić information content (AvgIpc) is 2.26. The molecule has 0 N–H and O–H groups in total. The fourth-order valence-corrected chi connectivity index (χ4v) is 3.52. The van der Waals surface area contributed by atoms with Crippen LogP contribution in [0.15, 0.2) is 0 Å². The lowest BCUT2D eigenvalue weighted by Gasteiger charge is -2.43. The molecule has 0 radical (unpaired) electrons. The molecule has 0 saturated heterocycles. The third-order valence-electron chi connectivity index (χ3n) is 4.23. The average molecular weight is 345 g/mol. The molecular formula is C14H24BrF3O. The van der Waals surface area contributed by atoms with Gasteiger partial charge in [0.15, 0.2) is 0 Å². The maximum atomic E-state index is 12.1. The van der Waals surface area contributed by atoms with E-state index in [9.17, 15) is 13.2 Å². The van der Waals surface area contributed by atoms with Gasteiger partial charge < -0.3 is 4.74 Å². The molecule has 114 valence electrons. The second-order valence-corrected chi connectivity index (χ2v) is 7.44. The zero-order valence-corrected chi connectivity index (χ0v) is 13.5. The summed E-state index contributed by atoms with van der Waals surface area (Å²) < 4.78 is 41.3. The molecule has 0 aromatic heterocycles. The van der Waals surface area contributed by atoms with Crippen LogP contribution < -0.4 is 0 Å². The highest BCUT2D eigenvalue weighted by molar-refractivity contribution is 9.09. The molecule has 0 aromatic rings. The van der Waals surface area contributed by atoms with Gasteiger partial charge in [0.2, 0.25) is 0 Å². The summed E-state index contributed by atoms with van der Waals surface area (Å²) in [6.45, 7) is 5.77. The van der Waals surface area contributed by atoms with Crippen LogP contribution in [0.25, 0.3) is 0 Å². The van der Waals surface area contributed by atoms with Crippen LogP contribution in [-0.2, 0) is 4.74 Å². The summed E-state index contributed by atoms with van der Waals surface area (Å²) in [6, 6.07) is 0. The predicted octanol–water partition coefficient (Wildman–Crippen LogP) is 5.18. The van der Waals surface area contributed by atoms with Crippen LogP contribution in [0.4, 0.5) is 13.2 Å². The van der Waals surface area contributed by atoms with Crippen molar-refractivity contribution in [3.63, 3.8) is 0 Å². The number of ether oxygens (including phenoxy) is 1. The van der Waals surface area contributed by atoms with Crippen molar-refractivity contribution in [3.8, 4) is 0 Å². The zero-order valence-electron chi connectivity index (χ0n) is 11.9. The van der Waals surface area contributed by atoms with Crippen molar-refractivity contribution in [2.75, 3.05) is 18.5 Å². The maximum Gasteiger partial charge on any atom is 0.411 e. The van der Waals surface area contributed by atoms with Crippen LogP contribution in [0.2, 0.25) is 0 Å². The summed E-state index contributed by atoms with van der Waals surface area (Å²) >= 11 is 3.46. The Morgan fingerprint density at radius 1 is 1.16 bits per heavy atom. The van der Waals surface area contributed by atoms with Crippen LogP contribution in [-0.4, -0.2) is 24.7 Å². The van der Waals surface area contributed by atoms with E-state index in [2.05, 4.69) is 36.7 Å². The first kappa shape index (κ1) is 17.3. The number of rotatable bonds is 4. The van der Waals surface area contributed by atoms with Crippen LogP contribution >= 0.6 is 15.9 Å². The Morgan fingerprint density at radius 2 is 1.68 bits per heavy atom. The topological polar surface area (TPSA) is 9.23 Å². The van der Waals surface area contributed by atoms with E-state index in [0.29, 0.717) is 11.2 Å². The van der Waals surface area contributed by atoms with Gasteiger partial charge in [-0.15, -0.1) is 0 Å². The molecule has 1 aliphatic carbocycles. The van der Waals surface area contributed by atoms with Gasteiger partial charge in [-0.3, -0.25) is 0 Å². The predicted molar refractivity (Wildman–Crippen MR) is 74.5 cm³/mol. The van der Waals surface area contributed by atoms with E-state index in [1.54, 1.807) is 0 Å². The van der Waals surface area contributed by atoms with Gasteiger partial charge >= 0.3 is 6.18 Å². The van der Waals surface area contributed by atoms with Crippen molar-refractivity contribution in [2.24, 2.45) is 16.7 Å². The van der Waals surface area contributed by atoms with Crippen molar-refractivity contribution in [2.45, 2.75) is 52.6 Å². The third-order valence-corrected chi connectivity index (χ3v) is 5.42. The van der Waals surface area contributed by atoms with Crippen molar-refractivity contribution in [1.82, 2.24) is 0 Å². The van der Waals surface area contributed by atoms with Gasteiger partial charge in [-0.25, -0.2) is 0 Å². The fourth-order valence-electron chi connectivity index (χ4n) is 2.80. The molecule has 0 atom stereocenters. The molecular weight excluding hydrogens is 321 g/mol. The summed E-state index contributed by atoms with van der Waals surface area (Å²) in [5, 5.41) is 0.717. The molecule has 0 aliphatic heterocycles. The van der Waals surface area contributed by atoms with E-state index < -0.39 is 12.8 Å². The normalized spacial score (nSPS) is 29.5. The number of hydrogen-bond donors (Lipinski definition) is 0. The lowest BCUT2D eigenvalue weighted by molar-refractivity contribution is -0.181. The van der Waals surface area contributed by atoms with E-state index in [-0.39, 0.29) is 17.4 Å². The molecule has 1 rings (SSSR count). The molecule has 0 heterocycles. The lowest BCUT2D eigenvalue weighted by Crippen LogP contribution is -2.37. The highest BCUT2D eigenvalue weighted by Crippen LogP contribution is 2.46.